The van der Waals surface area contributed by atoms with Gasteiger partial charge in [0.05, 0.1) is 20.3 Å². The van der Waals surface area contributed by atoms with Crippen molar-refractivity contribution in [2.45, 2.75) is 38.8 Å². The maximum atomic E-state index is 9.35. The van der Waals surface area contributed by atoms with Crippen LogP contribution in [0.3, 0.4) is 0 Å². The molecule has 4 heteroatoms. The number of hydrogen-bond acceptors (Lipinski definition) is 4. The molecule has 0 aliphatic carbocycles. The van der Waals surface area contributed by atoms with E-state index in [4.69, 9.17) is 9.47 Å². The summed E-state index contributed by atoms with van der Waals surface area (Å²) in [6.45, 7) is 5.97. The normalized spacial score (nSPS) is 13.7. The van der Waals surface area contributed by atoms with Crippen molar-refractivity contribution in [1.82, 2.24) is 5.32 Å². The average molecular weight is 262 g/mol. The first kappa shape index (κ1) is 15.3. The summed E-state index contributed by atoms with van der Waals surface area (Å²) in [5.41, 5.74) is 0.447. The molecule has 0 fully saturated rings. The van der Waals surface area contributed by atoms with Crippen LogP contribution in [0.2, 0.25) is 0 Å². The summed E-state index contributed by atoms with van der Waals surface area (Å²) >= 11 is 0. The van der Waals surface area contributed by atoms with E-state index in [1.165, 1.54) is 0 Å². The van der Waals surface area contributed by atoms with Crippen LogP contribution in [0.15, 0.2) is 18.2 Å². The highest BCUT2D eigenvalue weighted by Crippen LogP contribution is 2.29. The lowest BCUT2D eigenvalue weighted by Gasteiger charge is -2.26. The topological polar surface area (TPSA) is 54.3 Å². The van der Waals surface area contributed by atoms with E-state index in [0.29, 0.717) is 17.9 Å². The lowest BCUT2D eigenvalue weighted by molar-refractivity contribution is 0.353. The summed E-state index contributed by atoms with van der Waals surface area (Å²) in [4.78, 5) is 0. The summed E-state index contributed by atoms with van der Waals surface area (Å²) in [5.74, 6) is 1.38. The molecule has 104 valence electrons. The summed E-state index contributed by atoms with van der Waals surface area (Å²) in [5, 5.41) is 12.6. The quantitative estimate of drug-likeness (QED) is 0.856. The predicted octanol–water partition coefficient (Wildman–Crippen LogP) is 2.53. The number of hydrogen-bond donors (Lipinski definition) is 1. The minimum atomic E-state index is -0.590. The molecular formula is C15H22N2O2. The van der Waals surface area contributed by atoms with Gasteiger partial charge in [-0.25, -0.2) is 0 Å². The molecule has 0 heterocycles. The Kier molecular flexibility index (Phi) is 5.20. The zero-order valence-electron chi connectivity index (χ0n) is 12.3. The van der Waals surface area contributed by atoms with Crippen LogP contribution in [0, 0.1) is 11.3 Å². The van der Waals surface area contributed by atoms with E-state index in [-0.39, 0.29) is 6.04 Å². The fourth-order valence-corrected chi connectivity index (χ4v) is 2.16. The number of methoxy groups -OCH3 is 2. The maximum Gasteiger partial charge on any atom is 0.160 e. The summed E-state index contributed by atoms with van der Waals surface area (Å²) in [6, 6.07) is 8.33. The minimum absolute atomic E-state index is 0.254. The number of rotatable bonds is 6. The Bertz CT molecular complexity index is 466. The Balaban J connectivity index is 2.95. The van der Waals surface area contributed by atoms with Gasteiger partial charge in [-0.3, -0.25) is 5.32 Å². The second-order valence-corrected chi connectivity index (χ2v) is 5.11. The van der Waals surface area contributed by atoms with Crippen molar-refractivity contribution >= 4 is 0 Å². The van der Waals surface area contributed by atoms with E-state index in [1.807, 2.05) is 39.0 Å². The van der Waals surface area contributed by atoms with E-state index >= 15 is 0 Å². The molecular weight excluding hydrogens is 240 g/mol. The van der Waals surface area contributed by atoms with Gasteiger partial charge >= 0.3 is 0 Å². The third-order valence-electron chi connectivity index (χ3n) is 2.86. The molecule has 1 aromatic rings. The molecule has 0 saturated carbocycles. The van der Waals surface area contributed by atoms with Crippen molar-refractivity contribution in [3.63, 3.8) is 0 Å². The van der Waals surface area contributed by atoms with E-state index in [9.17, 15) is 5.26 Å². The average Bonchev–Trinajstić information content (AvgIpc) is 2.37. The zero-order chi connectivity index (χ0) is 14.5. The van der Waals surface area contributed by atoms with Gasteiger partial charge in [0.15, 0.2) is 11.5 Å². The van der Waals surface area contributed by atoms with Crippen LogP contribution >= 0.6 is 0 Å². The van der Waals surface area contributed by atoms with Gasteiger partial charge in [0.2, 0.25) is 0 Å². The van der Waals surface area contributed by atoms with E-state index in [2.05, 4.69) is 11.4 Å². The first-order valence-electron chi connectivity index (χ1n) is 6.34. The van der Waals surface area contributed by atoms with Gasteiger partial charge in [0, 0.05) is 12.5 Å². The summed E-state index contributed by atoms with van der Waals surface area (Å²) in [7, 11) is 3.22. The molecule has 0 bridgehead atoms. The number of benzene rings is 1. The minimum Gasteiger partial charge on any atom is -0.493 e. The van der Waals surface area contributed by atoms with Crippen molar-refractivity contribution in [2.75, 3.05) is 14.2 Å². The molecule has 1 aromatic carbocycles. The third-order valence-corrected chi connectivity index (χ3v) is 2.86. The molecule has 0 amide bonds. The van der Waals surface area contributed by atoms with E-state index < -0.39 is 5.54 Å². The Morgan fingerprint density at radius 2 is 1.89 bits per heavy atom. The highest BCUT2D eigenvalue weighted by Gasteiger charge is 2.25. The van der Waals surface area contributed by atoms with Gasteiger partial charge in [-0.15, -0.1) is 0 Å². The molecule has 0 spiro atoms. The first-order valence-corrected chi connectivity index (χ1v) is 6.34. The van der Waals surface area contributed by atoms with Crippen LogP contribution < -0.4 is 14.8 Å². The second-order valence-electron chi connectivity index (χ2n) is 5.11. The standard InChI is InChI=1S/C15H22N2O2/c1-11(2)17-15(3,10-16)9-12-6-7-13(18-4)14(8-12)19-5/h6-8,11,17H,9H2,1-5H3. The van der Waals surface area contributed by atoms with Crippen molar-refractivity contribution < 1.29 is 9.47 Å². The second kappa shape index (κ2) is 6.44. The highest BCUT2D eigenvalue weighted by atomic mass is 16.5. The lowest BCUT2D eigenvalue weighted by atomic mass is 9.93. The van der Waals surface area contributed by atoms with E-state index in [0.717, 1.165) is 5.56 Å². The smallest absolute Gasteiger partial charge is 0.160 e. The molecule has 0 aromatic heterocycles. The van der Waals surface area contributed by atoms with Crippen molar-refractivity contribution in [3.05, 3.63) is 23.8 Å². The number of nitrogens with one attached hydrogen (secondary N) is 1. The van der Waals surface area contributed by atoms with Crippen molar-refractivity contribution in [2.24, 2.45) is 0 Å². The van der Waals surface area contributed by atoms with Crippen LogP contribution in [0.25, 0.3) is 0 Å². The number of ether oxygens (including phenoxy) is 2. The van der Waals surface area contributed by atoms with Crippen LogP contribution in [0.5, 0.6) is 11.5 Å². The fourth-order valence-electron chi connectivity index (χ4n) is 2.16. The summed E-state index contributed by atoms with van der Waals surface area (Å²) in [6.07, 6.45) is 0.613. The largest absolute Gasteiger partial charge is 0.493 e. The molecule has 1 unspecified atom stereocenters. The van der Waals surface area contributed by atoms with Gasteiger partial charge < -0.3 is 9.47 Å². The molecule has 1 atom stereocenters. The highest BCUT2D eigenvalue weighted by molar-refractivity contribution is 5.43. The molecule has 1 N–H and O–H groups in total. The number of nitrogens with zero attached hydrogens (tertiary/aromatic N) is 1. The Morgan fingerprint density at radius 3 is 2.37 bits per heavy atom. The first-order chi connectivity index (χ1) is 8.94. The van der Waals surface area contributed by atoms with Crippen LogP contribution in [-0.2, 0) is 6.42 Å². The molecule has 0 radical (unpaired) electrons. The van der Waals surface area contributed by atoms with Gasteiger partial charge in [-0.05, 0) is 38.5 Å². The predicted molar refractivity (Wildman–Crippen MR) is 75.5 cm³/mol. The fraction of sp³-hybridized carbons (Fsp3) is 0.533. The zero-order valence-corrected chi connectivity index (χ0v) is 12.3. The molecule has 0 saturated heterocycles. The van der Waals surface area contributed by atoms with Crippen LogP contribution in [-0.4, -0.2) is 25.8 Å². The Hall–Kier alpha value is -1.73. The molecule has 1 rings (SSSR count). The third kappa shape index (κ3) is 4.15. The van der Waals surface area contributed by atoms with Gasteiger partial charge in [0.25, 0.3) is 0 Å². The molecule has 0 aliphatic rings. The van der Waals surface area contributed by atoms with Gasteiger partial charge in [0.1, 0.15) is 5.54 Å². The van der Waals surface area contributed by atoms with Crippen molar-refractivity contribution in [3.8, 4) is 17.6 Å². The van der Waals surface area contributed by atoms with Crippen LogP contribution in [0.1, 0.15) is 26.3 Å². The molecule has 19 heavy (non-hydrogen) atoms. The lowest BCUT2D eigenvalue weighted by Crippen LogP contribution is -2.46. The number of nitriles is 1. The Labute approximate surface area is 115 Å². The summed E-state index contributed by atoms with van der Waals surface area (Å²) < 4.78 is 10.5. The van der Waals surface area contributed by atoms with Crippen molar-refractivity contribution in [1.29, 1.82) is 5.26 Å². The van der Waals surface area contributed by atoms with Gasteiger partial charge in [-0.2, -0.15) is 5.26 Å². The SMILES string of the molecule is COc1ccc(CC(C)(C#N)NC(C)C)cc1OC. The van der Waals surface area contributed by atoms with Gasteiger partial charge in [-0.1, -0.05) is 6.07 Å². The maximum absolute atomic E-state index is 9.35. The molecule has 4 nitrogen and oxygen atoms in total. The van der Waals surface area contributed by atoms with E-state index in [1.54, 1.807) is 14.2 Å². The monoisotopic (exact) mass is 262 g/mol. The Morgan fingerprint density at radius 1 is 1.26 bits per heavy atom. The molecule has 0 aliphatic heterocycles. The van der Waals surface area contributed by atoms with Crippen LogP contribution in [0.4, 0.5) is 0 Å².